The van der Waals surface area contributed by atoms with Gasteiger partial charge in [-0.05, 0) is 24.6 Å². The summed E-state index contributed by atoms with van der Waals surface area (Å²) in [6.07, 6.45) is 4.20. The highest BCUT2D eigenvalue weighted by molar-refractivity contribution is 7.99. The van der Waals surface area contributed by atoms with Crippen LogP contribution in [0.4, 0.5) is 0 Å². The second kappa shape index (κ2) is 8.05. The largest absolute Gasteiger partial charge is 0.472 e. The van der Waals surface area contributed by atoms with E-state index >= 15 is 0 Å². The van der Waals surface area contributed by atoms with E-state index in [1.165, 1.54) is 11.3 Å². The molecule has 1 unspecified atom stereocenters. The molecule has 0 radical (unpaired) electrons. The normalized spacial score (nSPS) is 17.9. The Kier molecular flexibility index (Phi) is 6.04. The number of rotatable bonds is 7. The molecule has 8 heteroatoms. The van der Waals surface area contributed by atoms with E-state index in [4.69, 9.17) is 4.42 Å². The lowest BCUT2D eigenvalue weighted by molar-refractivity contribution is 0.218. The van der Waals surface area contributed by atoms with Gasteiger partial charge >= 0.3 is 0 Å². The van der Waals surface area contributed by atoms with Gasteiger partial charge < -0.3 is 4.42 Å². The lowest BCUT2D eigenvalue weighted by atomic mass is 10.1. The van der Waals surface area contributed by atoms with Gasteiger partial charge in [-0.2, -0.15) is 11.8 Å². The van der Waals surface area contributed by atoms with Crippen molar-refractivity contribution in [3.63, 3.8) is 0 Å². The van der Waals surface area contributed by atoms with Crippen LogP contribution in [0.1, 0.15) is 23.4 Å². The van der Waals surface area contributed by atoms with Crippen molar-refractivity contribution in [2.45, 2.75) is 23.6 Å². The van der Waals surface area contributed by atoms with Crippen molar-refractivity contribution in [3.8, 4) is 0 Å². The lowest BCUT2D eigenvalue weighted by Crippen LogP contribution is -2.41. The number of thiophene rings is 1. The first kappa shape index (κ1) is 18.0. The van der Waals surface area contributed by atoms with Crippen LogP contribution in [-0.4, -0.2) is 44.5 Å². The van der Waals surface area contributed by atoms with Crippen LogP contribution in [-0.2, 0) is 16.4 Å². The number of hydrogen-bond donors (Lipinski definition) is 1. The Morgan fingerprint density at radius 3 is 2.71 bits per heavy atom. The molecule has 0 spiro atoms. The van der Waals surface area contributed by atoms with Crippen molar-refractivity contribution in [2.24, 2.45) is 0 Å². The highest BCUT2D eigenvalue weighted by Crippen LogP contribution is 2.26. The Morgan fingerprint density at radius 1 is 1.29 bits per heavy atom. The van der Waals surface area contributed by atoms with Gasteiger partial charge in [-0.3, -0.25) is 4.90 Å². The standard InChI is InChI=1S/C16H22N2O3S3/c1-2-14-3-4-16(23-14)24(19,20)17-11-15(13-5-8-21-12-13)18-6-9-22-10-7-18/h3-5,8,12,15,17H,2,6-7,9-11H2,1H3. The average Bonchev–Trinajstić information content (AvgIpc) is 3.28. The number of furan rings is 1. The molecule has 2 aromatic heterocycles. The van der Waals surface area contributed by atoms with Crippen molar-refractivity contribution in [1.82, 2.24) is 9.62 Å². The summed E-state index contributed by atoms with van der Waals surface area (Å²) in [5, 5.41) is 0. The zero-order valence-corrected chi connectivity index (χ0v) is 16.1. The quantitative estimate of drug-likeness (QED) is 0.793. The van der Waals surface area contributed by atoms with Crippen LogP contribution in [0.15, 0.2) is 39.4 Å². The van der Waals surface area contributed by atoms with Crippen molar-refractivity contribution in [2.75, 3.05) is 31.1 Å². The molecule has 0 bridgehead atoms. The third-order valence-corrected chi connectivity index (χ3v) is 8.22. The highest BCUT2D eigenvalue weighted by Gasteiger charge is 2.26. The van der Waals surface area contributed by atoms with E-state index in [1.807, 2.05) is 30.8 Å². The van der Waals surface area contributed by atoms with Gasteiger partial charge in [0, 0.05) is 41.6 Å². The van der Waals surface area contributed by atoms with Crippen molar-refractivity contribution in [3.05, 3.63) is 41.2 Å². The number of nitrogens with zero attached hydrogens (tertiary/aromatic N) is 1. The molecule has 1 aliphatic heterocycles. The minimum atomic E-state index is -3.47. The van der Waals surface area contributed by atoms with E-state index < -0.39 is 10.0 Å². The summed E-state index contributed by atoms with van der Waals surface area (Å²) in [4.78, 5) is 3.41. The van der Waals surface area contributed by atoms with Crippen molar-refractivity contribution in [1.29, 1.82) is 0 Å². The molecule has 1 atom stereocenters. The molecule has 1 N–H and O–H groups in total. The predicted molar refractivity (Wildman–Crippen MR) is 99.2 cm³/mol. The molecule has 0 saturated carbocycles. The maximum atomic E-state index is 12.6. The van der Waals surface area contributed by atoms with Crippen LogP contribution in [0, 0.1) is 0 Å². The second-order valence-electron chi connectivity index (χ2n) is 5.65. The van der Waals surface area contributed by atoms with Gasteiger partial charge in [0.2, 0.25) is 10.0 Å². The average molecular weight is 387 g/mol. The molecule has 1 aliphatic rings. The number of thioether (sulfide) groups is 1. The van der Waals surface area contributed by atoms with Gasteiger partial charge in [-0.15, -0.1) is 11.3 Å². The van der Waals surface area contributed by atoms with Gasteiger partial charge in [0.05, 0.1) is 18.6 Å². The molecular formula is C16H22N2O3S3. The van der Waals surface area contributed by atoms with Crippen LogP contribution in [0.2, 0.25) is 0 Å². The maximum absolute atomic E-state index is 12.6. The van der Waals surface area contributed by atoms with E-state index in [1.54, 1.807) is 18.6 Å². The van der Waals surface area contributed by atoms with Gasteiger partial charge in [0.1, 0.15) is 4.21 Å². The zero-order chi connectivity index (χ0) is 17.0. The van der Waals surface area contributed by atoms with Gasteiger partial charge in [0.25, 0.3) is 0 Å². The SMILES string of the molecule is CCc1ccc(S(=O)(=O)NCC(c2ccoc2)N2CCSCC2)s1. The van der Waals surface area contributed by atoms with Gasteiger partial charge in [0.15, 0.2) is 0 Å². The Hall–Kier alpha value is -0.800. The fourth-order valence-electron chi connectivity index (χ4n) is 2.76. The summed E-state index contributed by atoms with van der Waals surface area (Å²) < 4.78 is 33.5. The molecule has 0 aromatic carbocycles. The van der Waals surface area contributed by atoms with Crippen molar-refractivity contribution < 1.29 is 12.8 Å². The van der Waals surface area contributed by atoms with Gasteiger partial charge in [-0.1, -0.05) is 6.92 Å². The minimum absolute atomic E-state index is 0.00466. The van der Waals surface area contributed by atoms with E-state index in [0.29, 0.717) is 10.8 Å². The minimum Gasteiger partial charge on any atom is -0.472 e. The first-order valence-electron chi connectivity index (χ1n) is 8.02. The molecule has 3 heterocycles. The number of aryl methyl sites for hydroxylation is 1. The summed E-state index contributed by atoms with van der Waals surface area (Å²) in [6.45, 7) is 4.30. The molecular weight excluding hydrogens is 364 g/mol. The lowest BCUT2D eigenvalue weighted by Gasteiger charge is -2.33. The molecule has 132 valence electrons. The Balaban J connectivity index is 1.73. The first-order valence-corrected chi connectivity index (χ1v) is 11.5. The molecule has 0 amide bonds. The summed E-state index contributed by atoms with van der Waals surface area (Å²) >= 11 is 3.28. The third kappa shape index (κ3) is 4.23. The van der Waals surface area contributed by atoms with Crippen LogP contribution in [0.3, 0.4) is 0 Å². The Morgan fingerprint density at radius 2 is 2.08 bits per heavy atom. The molecule has 24 heavy (non-hydrogen) atoms. The number of nitrogens with one attached hydrogen (secondary N) is 1. The number of hydrogen-bond acceptors (Lipinski definition) is 6. The summed E-state index contributed by atoms with van der Waals surface area (Å²) in [6, 6.07) is 5.50. The topological polar surface area (TPSA) is 62.6 Å². The highest BCUT2D eigenvalue weighted by atomic mass is 32.2. The van der Waals surface area contributed by atoms with Crippen LogP contribution < -0.4 is 4.72 Å². The monoisotopic (exact) mass is 386 g/mol. The molecule has 2 aromatic rings. The maximum Gasteiger partial charge on any atom is 0.250 e. The predicted octanol–water partition coefficient (Wildman–Crippen LogP) is 2.97. The Labute approximate surface area is 151 Å². The summed E-state index contributed by atoms with van der Waals surface area (Å²) in [5.74, 6) is 2.15. The fourth-order valence-corrected chi connectivity index (χ4v) is 6.07. The molecule has 0 aliphatic carbocycles. The Bertz CT molecular complexity index is 734. The van der Waals surface area contributed by atoms with Gasteiger partial charge in [-0.25, -0.2) is 13.1 Å². The molecule has 1 fully saturated rings. The van der Waals surface area contributed by atoms with E-state index in [2.05, 4.69) is 9.62 Å². The number of sulfonamides is 1. The van der Waals surface area contributed by atoms with E-state index in [9.17, 15) is 8.42 Å². The van der Waals surface area contributed by atoms with E-state index in [0.717, 1.165) is 41.5 Å². The van der Waals surface area contributed by atoms with Crippen LogP contribution in [0.25, 0.3) is 0 Å². The summed E-state index contributed by atoms with van der Waals surface area (Å²) in [7, 11) is -3.47. The zero-order valence-electron chi connectivity index (χ0n) is 13.6. The second-order valence-corrected chi connectivity index (χ2v) is 10.0. The first-order chi connectivity index (χ1) is 11.6. The van der Waals surface area contributed by atoms with Crippen molar-refractivity contribution >= 4 is 33.1 Å². The summed E-state index contributed by atoms with van der Waals surface area (Å²) in [5.41, 5.74) is 1.02. The van der Waals surface area contributed by atoms with Crippen LogP contribution >= 0.6 is 23.1 Å². The van der Waals surface area contributed by atoms with Crippen LogP contribution in [0.5, 0.6) is 0 Å². The molecule has 5 nitrogen and oxygen atoms in total. The third-order valence-electron chi connectivity index (χ3n) is 4.13. The fraction of sp³-hybridized carbons (Fsp3) is 0.500. The molecule has 1 saturated heterocycles. The smallest absolute Gasteiger partial charge is 0.250 e. The van der Waals surface area contributed by atoms with E-state index in [-0.39, 0.29) is 6.04 Å². The molecule has 3 rings (SSSR count).